The Labute approximate surface area is 245 Å². The number of furan rings is 1. The molecule has 1 fully saturated rings. The van der Waals surface area contributed by atoms with Crippen LogP contribution in [0.4, 0.5) is 0 Å². The summed E-state index contributed by atoms with van der Waals surface area (Å²) in [6.45, 7) is 4.18. The van der Waals surface area contributed by atoms with Crippen molar-refractivity contribution in [3.8, 4) is 11.3 Å². The largest absolute Gasteiger partial charge is 0.481 e. The second-order valence-electron chi connectivity index (χ2n) is 10.9. The van der Waals surface area contributed by atoms with Gasteiger partial charge < -0.3 is 20.2 Å². The van der Waals surface area contributed by atoms with Gasteiger partial charge in [0, 0.05) is 38.0 Å². The van der Waals surface area contributed by atoms with Crippen LogP contribution in [0.1, 0.15) is 78.5 Å². The van der Waals surface area contributed by atoms with Crippen molar-refractivity contribution in [3.05, 3.63) is 52.7 Å². The fraction of sp³-hybridized carbons (Fsp3) is 0.467. The molecule has 0 radical (unpaired) electrons. The zero-order valence-electron chi connectivity index (χ0n) is 24.2. The van der Waals surface area contributed by atoms with Gasteiger partial charge in [0.25, 0.3) is 5.91 Å². The molecule has 2 amide bonds. The number of rotatable bonds is 15. The number of amides is 2. The summed E-state index contributed by atoms with van der Waals surface area (Å²) >= 11 is 0. The van der Waals surface area contributed by atoms with E-state index in [1.54, 1.807) is 14.0 Å². The third kappa shape index (κ3) is 7.95. The highest BCUT2D eigenvalue weighted by Gasteiger charge is 2.32. The number of sulfonamides is 1. The zero-order chi connectivity index (χ0) is 30.4. The molecule has 2 aromatic heterocycles. The molecule has 4 rings (SSSR count). The number of fused-ring (bicyclic) bond motifs is 1. The van der Waals surface area contributed by atoms with Crippen molar-refractivity contribution < 1.29 is 32.3 Å². The number of nitrogens with zero attached hydrogens (tertiary/aromatic N) is 1. The molecule has 12 heteroatoms. The summed E-state index contributed by atoms with van der Waals surface area (Å²) < 4.78 is 34.8. The van der Waals surface area contributed by atoms with Crippen LogP contribution < -0.4 is 15.4 Å². The van der Waals surface area contributed by atoms with Crippen molar-refractivity contribution in [3.63, 3.8) is 0 Å². The van der Waals surface area contributed by atoms with Gasteiger partial charge in [-0.15, -0.1) is 0 Å². The van der Waals surface area contributed by atoms with Crippen LogP contribution in [-0.2, 0) is 25.4 Å². The normalized spacial score (nSPS) is 14.1. The van der Waals surface area contributed by atoms with Crippen LogP contribution in [0.25, 0.3) is 22.4 Å². The van der Waals surface area contributed by atoms with Crippen LogP contribution in [0.3, 0.4) is 0 Å². The predicted octanol–water partition coefficient (Wildman–Crippen LogP) is 3.86. The van der Waals surface area contributed by atoms with Crippen LogP contribution in [0.15, 0.2) is 34.7 Å². The van der Waals surface area contributed by atoms with Crippen LogP contribution in [0.2, 0.25) is 0 Å². The lowest BCUT2D eigenvalue weighted by Crippen LogP contribution is -2.31. The molecule has 4 N–H and O–H groups in total. The summed E-state index contributed by atoms with van der Waals surface area (Å²) in [5.74, 6) is -1.50. The number of carboxylic acid groups (broad SMARTS) is 1. The first-order chi connectivity index (χ1) is 20.0. The van der Waals surface area contributed by atoms with Gasteiger partial charge in [0.05, 0.1) is 16.6 Å². The third-order valence-corrected chi connectivity index (χ3v) is 8.65. The predicted molar refractivity (Wildman–Crippen MR) is 158 cm³/mol. The minimum absolute atomic E-state index is 0.0102. The number of hydrogen-bond acceptors (Lipinski definition) is 7. The Hall–Kier alpha value is -3.77. The number of carboxylic acids is 1. The van der Waals surface area contributed by atoms with Gasteiger partial charge in [0.15, 0.2) is 0 Å². The SMILES string of the molecule is CNC(=O)c1c(-c2ccc(C)cc2)oc2nc(CS(=O)(=O)NCCC[C@H](C)C(=O)NCCCC(=O)O)c(C3CC3)cc12. The number of carbonyl (C=O) groups is 3. The fourth-order valence-electron chi connectivity index (χ4n) is 4.82. The maximum absolute atomic E-state index is 13.0. The van der Waals surface area contributed by atoms with E-state index in [-0.39, 0.29) is 54.6 Å². The maximum Gasteiger partial charge on any atom is 0.303 e. The van der Waals surface area contributed by atoms with Crippen LogP contribution >= 0.6 is 0 Å². The molecule has 1 aliphatic carbocycles. The summed E-state index contributed by atoms with van der Waals surface area (Å²) in [5.41, 5.74) is 3.59. The van der Waals surface area contributed by atoms with Crippen LogP contribution in [0.5, 0.6) is 0 Å². The second-order valence-corrected chi connectivity index (χ2v) is 12.7. The Morgan fingerprint density at radius 2 is 1.83 bits per heavy atom. The number of benzene rings is 1. The Morgan fingerprint density at radius 1 is 1.12 bits per heavy atom. The van der Waals surface area contributed by atoms with E-state index in [1.165, 1.54) is 0 Å². The minimum Gasteiger partial charge on any atom is -0.481 e. The van der Waals surface area contributed by atoms with Crippen molar-refractivity contribution in [2.24, 2.45) is 5.92 Å². The van der Waals surface area contributed by atoms with E-state index in [2.05, 4.69) is 20.3 Å². The molecule has 0 spiro atoms. The molecule has 1 atom stereocenters. The molecule has 0 aliphatic heterocycles. The molecule has 0 bridgehead atoms. The molecule has 11 nitrogen and oxygen atoms in total. The number of aryl methyl sites for hydroxylation is 1. The molecular formula is C30H38N4O7S. The van der Waals surface area contributed by atoms with E-state index in [0.29, 0.717) is 41.7 Å². The van der Waals surface area contributed by atoms with E-state index < -0.39 is 16.0 Å². The van der Waals surface area contributed by atoms with Gasteiger partial charge in [-0.2, -0.15) is 0 Å². The first kappa shape index (κ1) is 31.2. The quantitative estimate of drug-likeness (QED) is 0.191. The van der Waals surface area contributed by atoms with Crippen molar-refractivity contribution in [1.29, 1.82) is 0 Å². The van der Waals surface area contributed by atoms with Gasteiger partial charge in [-0.25, -0.2) is 18.1 Å². The van der Waals surface area contributed by atoms with Gasteiger partial charge in [-0.05, 0) is 56.6 Å². The molecule has 226 valence electrons. The van der Waals surface area contributed by atoms with Crippen molar-refractivity contribution in [2.45, 2.75) is 64.0 Å². The van der Waals surface area contributed by atoms with Crippen molar-refractivity contribution in [1.82, 2.24) is 20.3 Å². The lowest BCUT2D eigenvalue weighted by atomic mass is 10.0. The van der Waals surface area contributed by atoms with Crippen molar-refractivity contribution in [2.75, 3.05) is 20.1 Å². The number of nitrogens with one attached hydrogen (secondary N) is 3. The van der Waals surface area contributed by atoms with E-state index in [1.807, 2.05) is 37.3 Å². The monoisotopic (exact) mass is 598 g/mol. The Bertz CT molecular complexity index is 1560. The summed E-state index contributed by atoms with van der Waals surface area (Å²) in [6, 6.07) is 9.46. The highest BCUT2D eigenvalue weighted by atomic mass is 32.2. The highest BCUT2D eigenvalue weighted by molar-refractivity contribution is 7.88. The van der Waals surface area contributed by atoms with E-state index >= 15 is 0 Å². The Balaban J connectivity index is 1.46. The second kappa shape index (κ2) is 13.5. The fourth-order valence-corrected chi connectivity index (χ4v) is 5.97. The van der Waals surface area contributed by atoms with Gasteiger partial charge in [-0.3, -0.25) is 14.4 Å². The molecule has 42 heavy (non-hydrogen) atoms. The number of aliphatic carboxylic acids is 1. The Morgan fingerprint density at radius 3 is 2.48 bits per heavy atom. The first-order valence-corrected chi connectivity index (χ1v) is 15.9. The van der Waals surface area contributed by atoms with Gasteiger partial charge >= 0.3 is 5.97 Å². The number of carbonyl (C=O) groups excluding carboxylic acids is 2. The summed E-state index contributed by atoms with van der Waals surface area (Å²) in [6.07, 6.45) is 3.11. The molecule has 3 aromatic rings. The summed E-state index contributed by atoms with van der Waals surface area (Å²) in [4.78, 5) is 40.3. The Kier molecular flexibility index (Phi) is 10.00. The number of pyridine rings is 1. The smallest absolute Gasteiger partial charge is 0.303 e. The minimum atomic E-state index is -3.75. The lowest BCUT2D eigenvalue weighted by Gasteiger charge is -2.13. The topological polar surface area (TPSA) is 168 Å². The molecule has 1 aliphatic rings. The molecule has 1 aromatic carbocycles. The van der Waals surface area contributed by atoms with Gasteiger partial charge in [0.2, 0.25) is 21.6 Å². The van der Waals surface area contributed by atoms with Crippen molar-refractivity contribution >= 4 is 38.9 Å². The number of aromatic nitrogens is 1. The summed E-state index contributed by atoms with van der Waals surface area (Å²) in [5, 5.41) is 14.6. The third-order valence-electron chi connectivity index (χ3n) is 7.36. The number of hydrogen-bond donors (Lipinski definition) is 4. The van der Waals surface area contributed by atoms with E-state index in [4.69, 9.17) is 9.52 Å². The molecule has 0 unspecified atom stereocenters. The van der Waals surface area contributed by atoms with Crippen LogP contribution in [-0.4, -0.2) is 56.4 Å². The average molecular weight is 599 g/mol. The first-order valence-electron chi connectivity index (χ1n) is 14.2. The molecule has 0 saturated heterocycles. The highest BCUT2D eigenvalue weighted by Crippen LogP contribution is 2.44. The van der Waals surface area contributed by atoms with E-state index in [0.717, 1.165) is 29.5 Å². The zero-order valence-corrected chi connectivity index (χ0v) is 25.0. The summed E-state index contributed by atoms with van der Waals surface area (Å²) in [7, 11) is -2.19. The van der Waals surface area contributed by atoms with Gasteiger partial charge in [0.1, 0.15) is 11.5 Å². The van der Waals surface area contributed by atoms with Crippen LogP contribution in [0, 0.1) is 12.8 Å². The molecule has 2 heterocycles. The van der Waals surface area contributed by atoms with Gasteiger partial charge in [-0.1, -0.05) is 36.8 Å². The molecular weight excluding hydrogens is 560 g/mol. The lowest BCUT2D eigenvalue weighted by molar-refractivity contribution is -0.137. The maximum atomic E-state index is 13.0. The molecule has 1 saturated carbocycles. The standard InChI is InChI=1S/C30H38N4O7S/c1-18-8-10-21(11-9-18)27-26(29(38)31-3)23-16-22(20-12-13-20)24(34-30(23)41-27)17-42(39,40)33-15-4-6-19(2)28(37)32-14-5-7-25(35)36/h8-11,16,19-20,33H,4-7,12-15,17H2,1-3H3,(H,31,38)(H,32,37)(H,35,36)/t19-/m0/s1. The average Bonchev–Trinajstić information content (AvgIpc) is 3.73. The van der Waals surface area contributed by atoms with E-state index in [9.17, 15) is 22.8 Å².